The van der Waals surface area contributed by atoms with Gasteiger partial charge < -0.3 is 14.8 Å². The number of amides is 1. The number of nitrogens with one attached hydrogen (secondary N) is 1. The highest BCUT2D eigenvalue weighted by atomic mass is 16.5. The first-order valence-electron chi connectivity index (χ1n) is 10.6. The van der Waals surface area contributed by atoms with Crippen LogP contribution in [0.5, 0.6) is 5.75 Å². The smallest absolute Gasteiger partial charge is 0.341 e. The molecule has 160 valence electrons. The molecule has 30 heavy (non-hydrogen) atoms. The first-order valence-corrected chi connectivity index (χ1v) is 10.6. The summed E-state index contributed by atoms with van der Waals surface area (Å²) < 4.78 is 10.6. The van der Waals surface area contributed by atoms with Gasteiger partial charge in [0.25, 0.3) is 0 Å². The molecule has 0 saturated heterocycles. The third-order valence-electron chi connectivity index (χ3n) is 5.75. The van der Waals surface area contributed by atoms with E-state index in [2.05, 4.69) is 29.6 Å². The first-order chi connectivity index (χ1) is 14.4. The molecule has 0 aromatic heterocycles. The molecule has 5 nitrogen and oxygen atoms in total. The molecule has 1 aliphatic rings. The summed E-state index contributed by atoms with van der Waals surface area (Å²) in [4.78, 5) is 25.8. The van der Waals surface area contributed by atoms with Crippen molar-refractivity contribution < 1.29 is 19.1 Å². The Morgan fingerprint density at radius 1 is 1.00 bits per heavy atom. The molecule has 0 atom stereocenters. The van der Waals surface area contributed by atoms with Gasteiger partial charge in [0.2, 0.25) is 5.91 Å². The number of hydrogen-bond acceptors (Lipinski definition) is 4. The molecule has 0 bridgehead atoms. The van der Waals surface area contributed by atoms with Gasteiger partial charge in [0.1, 0.15) is 11.3 Å². The molecule has 3 rings (SSSR count). The minimum atomic E-state index is -0.551. The van der Waals surface area contributed by atoms with Gasteiger partial charge in [-0.15, -0.1) is 0 Å². The number of hydrogen-bond donors (Lipinski definition) is 1. The molecule has 1 aliphatic carbocycles. The molecule has 0 unspecified atom stereocenters. The molecule has 2 aromatic carbocycles. The van der Waals surface area contributed by atoms with Crippen molar-refractivity contribution in [1.29, 1.82) is 0 Å². The van der Waals surface area contributed by atoms with Gasteiger partial charge in [-0.1, -0.05) is 49.1 Å². The molecule has 2 aromatic rings. The second kappa shape index (κ2) is 9.33. The highest BCUT2D eigenvalue weighted by molar-refractivity contribution is 6.01. The number of benzene rings is 2. The number of carbonyl (C=O) groups is 2. The number of rotatable bonds is 6. The number of ether oxygens (including phenoxy) is 2. The van der Waals surface area contributed by atoms with Crippen LogP contribution >= 0.6 is 0 Å². The molecule has 0 spiro atoms. The van der Waals surface area contributed by atoms with E-state index >= 15 is 0 Å². The third-order valence-corrected chi connectivity index (χ3v) is 5.75. The van der Waals surface area contributed by atoms with Crippen LogP contribution in [0.3, 0.4) is 0 Å². The quantitative estimate of drug-likeness (QED) is 0.648. The number of carbonyl (C=O) groups excluding carboxylic acids is 2. The van der Waals surface area contributed by atoms with Crippen LogP contribution in [0.15, 0.2) is 42.5 Å². The van der Waals surface area contributed by atoms with Crippen molar-refractivity contribution in [1.82, 2.24) is 0 Å². The lowest BCUT2D eigenvalue weighted by Crippen LogP contribution is -2.42. The number of methoxy groups -OCH3 is 1. The van der Waals surface area contributed by atoms with Gasteiger partial charge in [-0.2, -0.15) is 0 Å². The fraction of sp³-hybridized carbons (Fsp3) is 0.440. The van der Waals surface area contributed by atoms with Crippen LogP contribution in [0.1, 0.15) is 67.4 Å². The van der Waals surface area contributed by atoms with Crippen LogP contribution in [-0.2, 0) is 14.9 Å². The molecule has 0 aliphatic heterocycles. The average molecular weight is 410 g/mol. The summed E-state index contributed by atoms with van der Waals surface area (Å²) >= 11 is 0. The van der Waals surface area contributed by atoms with Gasteiger partial charge in [-0.05, 0) is 57.4 Å². The van der Waals surface area contributed by atoms with E-state index in [9.17, 15) is 9.59 Å². The zero-order valence-electron chi connectivity index (χ0n) is 18.3. The highest BCUT2D eigenvalue weighted by Crippen LogP contribution is 2.41. The maximum absolute atomic E-state index is 13.5. The predicted molar refractivity (Wildman–Crippen MR) is 118 cm³/mol. The second-order valence-electron chi connectivity index (χ2n) is 8.33. The Bertz CT molecular complexity index is 896. The first kappa shape index (κ1) is 21.9. The molecule has 1 amide bonds. The lowest BCUT2D eigenvalue weighted by Gasteiger charge is -2.36. The number of esters is 1. The van der Waals surface area contributed by atoms with Gasteiger partial charge in [0.15, 0.2) is 0 Å². The van der Waals surface area contributed by atoms with E-state index in [1.54, 1.807) is 18.2 Å². The Morgan fingerprint density at radius 3 is 2.27 bits per heavy atom. The topological polar surface area (TPSA) is 64.6 Å². The minimum Gasteiger partial charge on any atom is -0.490 e. The van der Waals surface area contributed by atoms with Crippen molar-refractivity contribution in [3.8, 4) is 5.75 Å². The molecule has 0 heterocycles. The Balaban J connectivity index is 1.92. The van der Waals surface area contributed by atoms with E-state index in [-0.39, 0.29) is 12.0 Å². The summed E-state index contributed by atoms with van der Waals surface area (Å²) in [5.41, 5.74) is 2.54. The summed E-state index contributed by atoms with van der Waals surface area (Å²) in [5.74, 6) is -0.0761. The third kappa shape index (κ3) is 4.66. The maximum atomic E-state index is 13.5. The van der Waals surface area contributed by atoms with E-state index in [0.717, 1.165) is 37.7 Å². The van der Waals surface area contributed by atoms with Crippen molar-refractivity contribution in [2.75, 3.05) is 12.4 Å². The summed E-state index contributed by atoms with van der Waals surface area (Å²) in [6, 6.07) is 13.4. The van der Waals surface area contributed by atoms with Crippen molar-refractivity contribution >= 4 is 17.6 Å². The molecule has 5 heteroatoms. The van der Waals surface area contributed by atoms with E-state index in [1.807, 2.05) is 20.8 Å². The van der Waals surface area contributed by atoms with Gasteiger partial charge in [0, 0.05) is 5.69 Å². The van der Waals surface area contributed by atoms with Gasteiger partial charge in [-0.3, -0.25) is 4.79 Å². The zero-order chi connectivity index (χ0) is 21.7. The molecule has 1 fully saturated rings. The lowest BCUT2D eigenvalue weighted by molar-refractivity contribution is -0.122. The Morgan fingerprint density at radius 2 is 1.67 bits per heavy atom. The lowest BCUT2D eigenvalue weighted by atomic mass is 9.68. The van der Waals surface area contributed by atoms with Crippen LogP contribution in [-0.4, -0.2) is 25.1 Å². The summed E-state index contributed by atoms with van der Waals surface area (Å²) in [5, 5.41) is 3.06. The highest BCUT2D eigenvalue weighted by Gasteiger charge is 2.41. The molecule has 1 N–H and O–H groups in total. The normalized spacial score (nSPS) is 15.5. The maximum Gasteiger partial charge on any atom is 0.341 e. The van der Waals surface area contributed by atoms with Crippen LogP contribution in [0, 0.1) is 6.92 Å². The van der Waals surface area contributed by atoms with Crippen molar-refractivity contribution in [2.45, 2.75) is 64.4 Å². The van der Waals surface area contributed by atoms with Crippen molar-refractivity contribution in [3.05, 3.63) is 59.2 Å². The Hall–Kier alpha value is -2.82. The van der Waals surface area contributed by atoms with Gasteiger partial charge in [-0.25, -0.2) is 4.79 Å². The average Bonchev–Trinajstić information content (AvgIpc) is 2.74. The van der Waals surface area contributed by atoms with Crippen LogP contribution in [0.4, 0.5) is 5.69 Å². The van der Waals surface area contributed by atoms with Crippen molar-refractivity contribution in [2.24, 2.45) is 0 Å². The van der Waals surface area contributed by atoms with Crippen molar-refractivity contribution in [3.63, 3.8) is 0 Å². The fourth-order valence-corrected chi connectivity index (χ4v) is 4.16. The van der Waals surface area contributed by atoms with Gasteiger partial charge in [0.05, 0.1) is 18.6 Å². The molecular weight excluding hydrogens is 378 g/mol. The number of anilines is 1. The number of aryl methyl sites for hydroxylation is 1. The van der Waals surface area contributed by atoms with Crippen LogP contribution in [0.2, 0.25) is 0 Å². The van der Waals surface area contributed by atoms with Crippen LogP contribution in [0.25, 0.3) is 0 Å². The van der Waals surface area contributed by atoms with E-state index in [0.29, 0.717) is 17.0 Å². The van der Waals surface area contributed by atoms with Crippen LogP contribution < -0.4 is 10.1 Å². The van der Waals surface area contributed by atoms with E-state index in [1.165, 1.54) is 12.7 Å². The standard InChI is InChI=1S/C25H31NO4/c1-17(2)30-22-13-12-20(16-21(22)23(27)29-4)26-24(28)25(14-6-5-7-15-25)19-10-8-18(3)9-11-19/h8-13,16-17H,5-7,14-15H2,1-4H3,(H,26,28). The SMILES string of the molecule is COC(=O)c1cc(NC(=O)C2(c3ccc(C)cc3)CCCCC2)ccc1OC(C)C. The summed E-state index contributed by atoms with van der Waals surface area (Å²) in [7, 11) is 1.33. The monoisotopic (exact) mass is 409 g/mol. The van der Waals surface area contributed by atoms with E-state index < -0.39 is 11.4 Å². The predicted octanol–water partition coefficient (Wildman–Crippen LogP) is 5.41. The Kier molecular flexibility index (Phi) is 6.80. The largest absolute Gasteiger partial charge is 0.490 e. The summed E-state index contributed by atoms with van der Waals surface area (Å²) in [6.07, 6.45) is 4.75. The minimum absolute atomic E-state index is 0.0283. The molecular formula is C25H31NO4. The van der Waals surface area contributed by atoms with Gasteiger partial charge >= 0.3 is 5.97 Å². The molecule has 1 saturated carbocycles. The second-order valence-corrected chi connectivity index (χ2v) is 8.33. The fourth-order valence-electron chi connectivity index (χ4n) is 4.16. The zero-order valence-corrected chi connectivity index (χ0v) is 18.3. The van der Waals surface area contributed by atoms with E-state index in [4.69, 9.17) is 9.47 Å². The molecule has 0 radical (unpaired) electrons. The summed E-state index contributed by atoms with van der Waals surface area (Å²) in [6.45, 7) is 5.84. The Labute approximate surface area is 178 Å².